The topological polar surface area (TPSA) is 76.7 Å². The number of ether oxygens (including phenoxy) is 2. The highest BCUT2D eigenvalue weighted by Gasteiger charge is 2.17. The van der Waals surface area contributed by atoms with Crippen molar-refractivity contribution in [1.82, 2.24) is 5.32 Å². The largest absolute Gasteiger partial charge is 0.351 e. The smallest absolute Gasteiger partial charge is 0.313 e. The maximum Gasteiger partial charge on any atom is 0.313 e. The van der Waals surface area contributed by atoms with E-state index in [1.165, 1.54) is 0 Å². The third-order valence-electron chi connectivity index (χ3n) is 3.06. The van der Waals surface area contributed by atoms with Crippen LogP contribution in [0.25, 0.3) is 0 Å². The van der Waals surface area contributed by atoms with Gasteiger partial charge in [0.05, 0.1) is 6.54 Å². The molecule has 1 rings (SSSR count). The Morgan fingerprint density at radius 2 is 1.59 bits per heavy atom. The Hall–Kier alpha value is -1.92. The summed E-state index contributed by atoms with van der Waals surface area (Å²) >= 11 is 0. The van der Waals surface area contributed by atoms with Gasteiger partial charge >= 0.3 is 11.8 Å². The van der Waals surface area contributed by atoms with Crippen molar-refractivity contribution in [1.29, 1.82) is 0 Å². The number of nitrogens with one attached hydrogen (secondary N) is 2. The standard InChI is InChI=1S/C16H24N2O4/c1-5-21-13(22-6-2)10-17-15(19)16(20)18-14-11(3)8-7-9-12(14)4/h7-9,13H,5-6,10H2,1-4H3,(H,17,19)(H,18,20). The van der Waals surface area contributed by atoms with Crippen LogP contribution in [0.4, 0.5) is 5.69 Å². The molecular weight excluding hydrogens is 284 g/mol. The molecule has 2 amide bonds. The molecule has 0 fully saturated rings. The van der Waals surface area contributed by atoms with E-state index in [-0.39, 0.29) is 6.54 Å². The Morgan fingerprint density at radius 3 is 2.09 bits per heavy atom. The Bertz CT molecular complexity index is 491. The van der Waals surface area contributed by atoms with Gasteiger partial charge in [0.15, 0.2) is 6.29 Å². The van der Waals surface area contributed by atoms with E-state index in [4.69, 9.17) is 9.47 Å². The molecule has 22 heavy (non-hydrogen) atoms. The minimum absolute atomic E-state index is 0.126. The fourth-order valence-electron chi connectivity index (χ4n) is 1.98. The van der Waals surface area contributed by atoms with Crippen LogP contribution in [0.1, 0.15) is 25.0 Å². The fraction of sp³-hybridized carbons (Fsp3) is 0.500. The summed E-state index contributed by atoms with van der Waals surface area (Å²) in [4.78, 5) is 23.8. The molecule has 0 aromatic heterocycles. The summed E-state index contributed by atoms with van der Waals surface area (Å²) in [5.74, 6) is -1.42. The molecule has 0 aliphatic rings. The van der Waals surface area contributed by atoms with Gasteiger partial charge in [0, 0.05) is 18.9 Å². The average Bonchev–Trinajstić information content (AvgIpc) is 2.48. The van der Waals surface area contributed by atoms with Crippen molar-refractivity contribution in [2.24, 2.45) is 0 Å². The first-order valence-electron chi connectivity index (χ1n) is 7.38. The lowest BCUT2D eigenvalue weighted by atomic mass is 10.1. The van der Waals surface area contributed by atoms with E-state index in [2.05, 4.69) is 10.6 Å². The molecule has 6 nitrogen and oxygen atoms in total. The number of amides is 2. The van der Waals surface area contributed by atoms with E-state index in [0.29, 0.717) is 18.9 Å². The number of para-hydroxylation sites is 1. The molecule has 2 N–H and O–H groups in total. The van der Waals surface area contributed by atoms with Crippen LogP contribution in [0.15, 0.2) is 18.2 Å². The van der Waals surface area contributed by atoms with Crippen LogP contribution in [-0.2, 0) is 19.1 Å². The lowest BCUT2D eigenvalue weighted by Gasteiger charge is -2.17. The van der Waals surface area contributed by atoms with Gasteiger partial charge < -0.3 is 20.1 Å². The highest BCUT2D eigenvalue weighted by molar-refractivity contribution is 6.39. The zero-order chi connectivity index (χ0) is 16.5. The quantitative estimate of drug-likeness (QED) is 0.594. The van der Waals surface area contributed by atoms with Gasteiger partial charge in [-0.15, -0.1) is 0 Å². The summed E-state index contributed by atoms with van der Waals surface area (Å²) in [7, 11) is 0. The van der Waals surface area contributed by atoms with Gasteiger partial charge in [-0.3, -0.25) is 9.59 Å². The summed E-state index contributed by atoms with van der Waals surface area (Å²) in [5.41, 5.74) is 2.47. The van der Waals surface area contributed by atoms with Crippen molar-refractivity contribution < 1.29 is 19.1 Å². The maximum atomic E-state index is 11.9. The molecule has 0 saturated carbocycles. The molecule has 0 aliphatic heterocycles. The van der Waals surface area contributed by atoms with Gasteiger partial charge in [-0.25, -0.2) is 0 Å². The number of hydrogen-bond donors (Lipinski definition) is 2. The predicted molar refractivity (Wildman–Crippen MR) is 84.6 cm³/mol. The van der Waals surface area contributed by atoms with Crippen LogP contribution >= 0.6 is 0 Å². The van der Waals surface area contributed by atoms with Crippen LogP contribution in [0.3, 0.4) is 0 Å². The number of carbonyl (C=O) groups excluding carboxylic acids is 2. The minimum Gasteiger partial charge on any atom is -0.351 e. The normalized spacial score (nSPS) is 10.6. The second-order valence-corrected chi connectivity index (χ2v) is 4.77. The molecule has 0 saturated heterocycles. The fourth-order valence-corrected chi connectivity index (χ4v) is 1.98. The van der Waals surface area contributed by atoms with Crippen LogP contribution in [0, 0.1) is 13.8 Å². The van der Waals surface area contributed by atoms with E-state index in [0.717, 1.165) is 11.1 Å². The van der Waals surface area contributed by atoms with Crippen LogP contribution < -0.4 is 10.6 Å². The van der Waals surface area contributed by atoms with Gasteiger partial charge in [-0.1, -0.05) is 18.2 Å². The molecular formula is C16H24N2O4. The highest BCUT2D eigenvalue weighted by atomic mass is 16.7. The number of anilines is 1. The van der Waals surface area contributed by atoms with Gasteiger partial charge in [0.2, 0.25) is 0 Å². The van der Waals surface area contributed by atoms with E-state index in [1.54, 1.807) is 0 Å². The molecule has 0 radical (unpaired) electrons. The molecule has 0 heterocycles. The number of rotatable bonds is 7. The summed E-state index contributed by atoms with van der Waals surface area (Å²) in [6, 6.07) is 5.65. The number of hydrogen-bond acceptors (Lipinski definition) is 4. The van der Waals surface area contributed by atoms with Crippen molar-refractivity contribution >= 4 is 17.5 Å². The molecule has 6 heteroatoms. The van der Waals surface area contributed by atoms with Crippen molar-refractivity contribution in [2.45, 2.75) is 34.0 Å². The molecule has 0 spiro atoms. The third kappa shape index (κ3) is 5.46. The molecule has 0 unspecified atom stereocenters. The Labute approximate surface area is 131 Å². The van der Waals surface area contributed by atoms with Crippen molar-refractivity contribution in [3.8, 4) is 0 Å². The third-order valence-corrected chi connectivity index (χ3v) is 3.06. The van der Waals surface area contributed by atoms with Gasteiger partial charge in [-0.05, 0) is 38.8 Å². The van der Waals surface area contributed by atoms with Crippen LogP contribution in [-0.4, -0.2) is 37.9 Å². The predicted octanol–water partition coefficient (Wildman–Crippen LogP) is 1.76. The first kappa shape index (κ1) is 18.1. The number of benzene rings is 1. The number of aryl methyl sites for hydroxylation is 2. The van der Waals surface area contributed by atoms with Crippen molar-refractivity contribution in [2.75, 3.05) is 25.1 Å². The Morgan fingerprint density at radius 1 is 1.05 bits per heavy atom. The van der Waals surface area contributed by atoms with Crippen LogP contribution in [0.5, 0.6) is 0 Å². The molecule has 0 bridgehead atoms. The Balaban J connectivity index is 2.56. The summed E-state index contributed by atoms with van der Waals surface area (Å²) < 4.78 is 10.6. The lowest BCUT2D eigenvalue weighted by molar-refractivity contribution is -0.145. The average molecular weight is 308 g/mol. The SMILES string of the molecule is CCOC(CNC(=O)C(=O)Nc1c(C)cccc1C)OCC. The van der Waals surface area contributed by atoms with E-state index < -0.39 is 18.1 Å². The molecule has 1 aromatic carbocycles. The number of carbonyl (C=O) groups is 2. The molecule has 0 aliphatic carbocycles. The second-order valence-electron chi connectivity index (χ2n) is 4.77. The maximum absolute atomic E-state index is 11.9. The van der Waals surface area contributed by atoms with Gasteiger partial charge in [0.25, 0.3) is 0 Å². The van der Waals surface area contributed by atoms with Crippen LogP contribution in [0.2, 0.25) is 0 Å². The van der Waals surface area contributed by atoms with Crippen molar-refractivity contribution in [3.63, 3.8) is 0 Å². The molecule has 0 atom stereocenters. The molecule has 122 valence electrons. The van der Waals surface area contributed by atoms with Crippen molar-refractivity contribution in [3.05, 3.63) is 29.3 Å². The second kappa shape index (κ2) is 9.17. The Kier molecular flexibility index (Phi) is 7.56. The highest BCUT2D eigenvalue weighted by Crippen LogP contribution is 2.19. The van der Waals surface area contributed by atoms with Gasteiger partial charge in [-0.2, -0.15) is 0 Å². The van der Waals surface area contributed by atoms with E-state index in [1.807, 2.05) is 45.9 Å². The monoisotopic (exact) mass is 308 g/mol. The molecule has 1 aromatic rings. The van der Waals surface area contributed by atoms with E-state index in [9.17, 15) is 9.59 Å². The summed E-state index contributed by atoms with van der Waals surface area (Å²) in [6.07, 6.45) is -0.549. The lowest BCUT2D eigenvalue weighted by Crippen LogP contribution is -2.41. The first-order chi connectivity index (χ1) is 10.5. The summed E-state index contributed by atoms with van der Waals surface area (Å²) in [6.45, 7) is 8.48. The minimum atomic E-state index is -0.716. The van der Waals surface area contributed by atoms with Gasteiger partial charge in [0.1, 0.15) is 0 Å². The zero-order valence-electron chi connectivity index (χ0n) is 13.6. The zero-order valence-corrected chi connectivity index (χ0v) is 13.6. The van der Waals surface area contributed by atoms with E-state index >= 15 is 0 Å². The first-order valence-corrected chi connectivity index (χ1v) is 7.38. The summed E-state index contributed by atoms with van der Waals surface area (Å²) in [5, 5.41) is 5.14.